The first kappa shape index (κ1) is 25.2. The van der Waals surface area contributed by atoms with E-state index in [-0.39, 0.29) is 25.4 Å². The van der Waals surface area contributed by atoms with Gasteiger partial charge in [0.15, 0.2) is 0 Å². The van der Waals surface area contributed by atoms with Gasteiger partial charge in [-0.1, -0.05) is 54.1 Å². The van der Waals surface area contributed by atoms with Gasteiger partial charge in [-0.25, -0.2) is 4.79 Å². The number of hydrogen-bond donors (Lipinski definition) is 1. The van der Waals surface area contributed by atoms with E-state index < -0.39 is 30.3 Å². The molecule has 2 aromatic rings. The summed E-state index contributed by atoms with van der Waals surface area (Å²) >= 11 is 5.95. The van der Waals surface area contributed by atoms with E-state index in [4.69, 9.17) is 25.8 Å². The van der Waals surface area contributed by atoms with Gasteiger partial charge in [-0.15, -0.1) is 0 Å². The molecule has 0 radical (unpaired) electrons. The zero-order valence-electron chi connectivity index (χ0n) is 18.4. The van der Waals surface area contributed by atoms with Crippen LogP contribution in [0, 0.1) is 5.41 Å². The molecule has 8 heteroatoms. The summed E-state index contributed by atoms with van der Waals surface area (Å²) in [6.45, 7) is 4.77. The van der Waals surface area contributed by atoms with Crippen molar-refractivity contribution in [3.8, 4) is 0 Å². The summed E-state index contributed by atoms with van der Waals surface area (Å²) in [5.41, 5.74) is 0.932. The maximum atomic E-state index is 12.2. The Hall–Kier alpha value is -3.06. The highest BCUT2D eigenvalue weighted by atomic mass is 35.5. The first-order chi connectivity index (χ1) is 15.1. The Morgan fingerprint density at radius 2 is 1.59 bits per heavy atom. The Labute approximate surface area is 193 Å². The lowest BCUT2D eigenvalue weighted by Crippen LogP contribution is -2.31. The van der Waals surface area contributed by atoms with E-state index in [0.29, 0.717) is 5.02 Å². The molecule has 0 heterocycles. The smallest absolute Gasteiger partial charge is 0.410 e. The van der Waals surface area contributed by atoms with Crippen molar-refractivity contribution in [2.45, 2.75) is 46.3 Å². The van der Waals surface area contributed by atoms with Crippen LogP contribution >= 0.6 is 11.6 Å². The van der Waals surface area contributed by atoms with E-state index in [9.17, 15) is 14.4 Å². The van der Waals surface area contributed by atoms with E-state index in [1.807, 2.05) is 30.3 Å². The van der Waals surface area contributed by atoms with E-state index >= 15 is 0 Å². The van der Waals surface area contributed by atoms with Crippen LogP contribution in [0.5, 0.6) is 0 Å². The number of carbonyl (C=O) groups excluding carboxylic acids is 3. The third-order valence-electron chi connectivity index (χ3n) is 4.44. The number of carbonyl (C=O) groups is 3. The summed E-state index contributed by atoms with van der Waals surface area (Å²) in [6.07, 6.45) is -0.407. The average molecular weight is 462 g/mol. The Morgan fingerprint density at radius 3 is 2.22 bits per heavy atom. The minimum Gasteiger partial charge on any atom is -0.461 e. The molecule has 0 bridgehead atoms. The number of nitrogens with one attached hydrogen (secondary N) is 1. The van der Waals surface area contributed by atoms with E-state index in [0.717, 1.165) is 11.1 Å². The summed E-state index contributed by atoms with van der Waals surface area (Å²) in [4.78, 5) is 36.2. The highest BCUT2D eigenvalue weighted by Crippen LogP contribution is 2.22. The van der Waals surface area contributed by atoms with Gasteiger partial charge in [-0.3, -0.25) is 9.59 Å². The van der Waals surface area contributed by atoms with Crippen molar-refractivity contribution in [1.29, 1.82) is 0 Å². The van der Waals surface area contributed by atoms with Crippen molar-refractivity contribution in [2.24, 2.45) is 5.41 Å². The molecule has 2 aromatic carbocycles. The first-order valence-corrected chi connectivity index (χ1v) is 10.6. The highest BCUT2D eigenvalue weighted by molar-refractivity contribution is 6.30. The summed E-state index contributed by atoms with van der Waals surface area (Å²) in [5.74, 6) is -0.872. The fraction of sp³-hybridized carbons (Fsp3) is 0.375. The van der Waals surface area contributed by atoms with Crippen LogP contribution in [0.4, 0.5) is 4.79 Å². The van der Waals surface area contributed by atoms with Gasteiger partial charge in [0.1, 0.15) is 6.61 Å². The van der Waals surface area contributed by atoms with Crippen molar-refractivity contribution >= 4 is 29.6 Å². The van der Waals surface area contributed by atoms with E-state index in [2.05, 4.69) is 5.32 Å². The van der Waals surface area contributed by atoms with Gasteiger partial charge in [0.25, 0.3) is 0 Å². The molecule has 1 unspecified atom stereocenters. The topological polar surface area (TPSA) is 90.9 Å². The maximum absolute atomic E-state index is 12.2. The Balaban J connectivity index is 1.89. The number of amides is 1. The summed E-state index contributed by atoms with van der Waals surface area (Å²) < 4.78 is 15.2. The molecule has 0 aliphatic heterocycles. The van der Waals surface area contributed by atoms with Gasteiger partial charge in [0.2, 0.25) is 6.79 Å². The minimum absolute atomic E-state index is 0.0828. The molecule has 172 valence electrons. The summed E-state index contributed by atoms with van der Waals surface area (Å²) in [7, 11) is 0. The van der Waals surface area contributed by atoms with Crippen LogP contribution < -0.4 is 5.32 Å². The lowest BCUT2D eigenvalue weighted by molar-refractivity contribution is -0.161. The van der Waals surface area contributed by atoms with Gasteiger partial charge in [-0.2, -0.15) is 0 Å². The molecule has 0 fully saturated rings. The van der Waals surface area contributed by atoms with Crippen LogP contribution in [0.3, 0.4) is 0 Å². The zero-order chi connectivity index (χ0) is 23.6. The van der Waals surface area contributed by atoms with Crippen LogP contribution in [-0.2, 0) is 30.4 Å². The molecular formula is C24H28ClNO6. The highest BCUT2D eigenvalue weighted by Gasteiger charge is 2.24. The maximum Gasteiger partial charge on any atom is 0.410 e. The second-order valence-corrected chi connectivity index (χ2v) is 8.60. The molecule has 7 nitrogen and oxygen atoms in total. The lowest BCUT2D eigenvalue weighted by atomic mass is 9.98. The number of ether oxygens (including phenoxy) is 3. The van der Waals surface area contributed by atoms with Crippen LogP contribution in [0.15, 0.2) is 54.6 Å². The predicted molar refractivity (Wildman–Crippen MR) is 120 cm³/mol. The van der Waals surface area contributed by atoms with Crippen molar-refractivity contribution < 1.29 is 28.6 Å². The molecule has 0 spiro atoms. The second kappa shape index (κ2) is 12.1. The zero-order valence-corrected chi connectivity index (χ0v) is 19.2. The van der Waals surface area contributed by atoms with Gasteiger partial charge < -0.3 is 19.5 Å². The molecule has 1 N–H and O–H groups in total. The molecule has 1 atom stereocenters. The Kier molecular flexibility index (Phi) is 9.53. The second-order valence-electron chi connectivity index (χ2n) is 8.16. The van der Waals surface area contributed by atoms with Crippen LogP contribution in [0.1, 0.15) is 50.8 Å². The van der Waals surface area contributed by atoms with E-state index in [1.165, 1.54) is 0 Å². The molecule has 0 saturated heterocycles. The number of alkyl carbamates (subject to hydrolysis) is 1. The standard InChI is InChI=1S/C24H28ClNO6/c1-24(2,3)22(28)31-16-32-23(29)26-20(18-9-11-19(25)12-10-18)13-14-21(27)30-15-17-7-5-4-6-8-17/h4-12,20H,13-16H2,1-3H3,(H,26,29). The van der Waals surface area contributed by atoms with Crippen molar-refractivity contribution in [3.63, 3.8) is 0 Å². The largest absolute Gasteiger partial charge is 0.461 e. The normalized spacial score (nSPS) is 11.9. The van der Waals surface area contributed by atoms with Gasteiger partial charge in [-0.05, 0) is 50.5 Å². The third kappa shape index (κ3) is 8.98. The fourth-order valence-corrected chi connectivity index (χ4v) is 2.75. The Morgan fingerprint density at radius 1 is 0.938 bits per heavy atom. The van der Waals surface area contributed by atoms with Crippen molar-refractivity contribution in [2.75, 3.05) is 6.79 Å². The summed E-state index contributed by atoms with van der Waals surface area (Å²) in [6, 6.07) is 15.7. The molecule has 0 aromatic heterocycles. The number of hydrogen-bond acceptors (Lipinski definition) is 6. The average Bonchev–Trinajstić information content (AvgIpc) is 2.75. The molecule has 2 rings (SSSR count). The van der Waals surface area contributed by atoms with Gasteiger partial charge >= 0.3 is 18.0 Å². The number of rotatable bonds is 9. The lowest BCUT2D eigenvalue weighted by Gasteiger charge is -2.20. The molecule has 0 aliphatic rings. The van der Waals surface area contributed by atoms with Gasteiger partial charge in [0, 0.05) is 11.4 Å². The third-order valence-corrected chi connectivity index (χ3v) is 4.69. The Bertz CT molecular complexity index is 893. The number of benzene rings is 2. The van der Waals surface area contributed by atoms with E-state index in [1.54, 1.807) is 45.0 Å². The molecule has 0 aliphatic carbocycles. The molecule has 32 heavy (non-hydrogen) atoms. The first-order valence-electron chi connectivity index (χ1n) is 10.2. The van der Waals surface area contributed by atoms with Crippen molar-refractivity contribution in [3.05, 3.63) is 70.7 Å². The van der Waals surface area contributed by atoms with Crippen LogP contribution in [-0.4, -0.2) is 24.8 Å². The fourth-order valence-electron chi connectivity index (χ4n) is 2.63. The molecule has 1 amide bonds. The van der Waals surface area contributed by atoms with Crippen LogP contribution in [0.2, 0.25) is 5.02 Å². The predicted octanol–water partition coefficient (Wildman–Crippen LogP) is 5.18. The molecular weight excluding hydrogens is 434 g/mol. The summed E-state index contributed by atoms with van der Waals surface area (Å²) in [5, 5.41) is 3.24. The molecule has 0 saturated carbocycles. The number of halogens is 1. The van der Waals surface area contributed by atoms with Crippen molar-refractivity contribution in [1.82, 2.24) is 5.32 Å². The van der Waals surface area contributed by atoms with Crippen LogP contribution in [0.25, 0.3) is 0 Å². The minimum atomic E-state index is -0.774. The monoisotopic (exact) mass is 461 g/mol. The SMILES string of the molecule is CC(C)(C)C(=O)OCOC(=O)NC(CCC(=O)OCc1ccccc1)c1ccc(Cl)cc1. The number of esters is 2. The van der Waals surface area contributed by atoms with Gasteiger partial charge in [0.05, 0.1) is 11.5 Å². The quantitative estimate of drug-likeness (QED) is 0.408.